The summed E-state index contributed by atoms with van der Waals surface area (Å²) >= 11 is 0. The minimum absolute atomic E-state index is 0.0878. The maximum absolute atomic E-state index is 11.7. The van der Waals surface area contributed by atoms with E-state index in [1.54, 1.807) is 0 Å². The van der Waals surface area contributed by atoms with E-state index >= 15 is 0 Å². The first-order valence-electron chi connectivity index (χ1n) is 5.08. The summed E-state index contributed by atoms with van der Waals surface area (Å²) in [4.78, 5) is 11.7. The average molecular weight is 250 g/mol. The van der Waals surface area contributed by atoms with E-state index in [9.17, 15) is 4.79 Å². The average Bonchev–Trinajstić information content (AvgIpc) is 2.42. The fraction of sp³-hybridized carbons (Fsp3) is 0.308. The van der Waals surface area contributed by atoms with Crippen LogP contribution in [-0.4, -0.2) is 33.9 Å². The Balaban J connectivity index is 3.15. The molecule has 0 spiro atoms. The van der Waals surface area contributed by atoms with Gasteiger partial charge in [-0.3, -0.25) is 0 Å². The number of terminal acetylenes is 1. The predicted molar refractivity (Wildman–Crippen MR) is 65.2 cm³/mol. The normalized spacial score (nSPS) is 9.22. The van der Waals surface area contributed by atoms with Crippen LogP contribution in [0.4, 0.5) is 0 Å². The van der Waals surface area contributed by atoms with Crippen molar-refractivity contribution >= 4 is 5.97 Å². The summed E-state index contributed by atoms with van der Waals surface area (Å²) in [5, 5.41) is 0. The molecular weight excluding hydrogens is 236 g/mol. The fourth-order valence-corrected chi connectivity index (χ4v) is 1.39. The molecule has 1 aromatic carbocycles. The van der Waals surface area contributed by atoms with Crippen molar-refractivity contribution in [2.24, 2.45) is 0 Å². The lowest BCUT2D eigenvalue weighted by atomic mass is 10.2. The number of hydrogen-bond acceptors (Lipinski definition) is 5. The molecule has 96 valence electrons. The van der Waals surface area contributed by atoms with Crippen molar-refractivity contribution in [1.82, 2.24) is 0 Å². The molecule has 0 bridgehead atoms. The number of hydrogen-bond donors (Lipinski definition) is 0. The summed E-state index contributed by atoms with van der Waals surface area (Å²) in [5.41, 5.74) is 0.278. The Morgan fingerprint density at radius 3 is 2.11 bits per heavy atom. The monoisotopic (exact) mass is 250 g/mol. The summed E-state index contributed by atoms with van der Waals surface area (Å²) in [6.07, 6.45) is 5.02. The van der Waals surface area contributed by atoms with E-state index in [1.807, 2.05) is 0 Å². The van der Waals surface area contributed by atoms with Crippen molar-refractivity contribution in [3.05, 3.63) is 17.7 Å². The van der Waals surface area contributed by atoms with Crippen molar-refractivity contribution in [3.8, 4) is 29.6 Å². The maximum Gasteiger partial charge on any atom is 0.339 e. The molecule has 1 aromatic rings. The van der Waals surface area contributed by atoms with E-state index in [0.717, 1.165) is 0 Å². The summed E-state index contributed by atoms with van der Waals surface area (Å²) in [5.74, 6) is 2.84. The van der Waals surface area contributed by atoms with Crippen LogP contribution < -0.4 is 14.2 Å². The first-order valence-corrected chi connectivity index (χ1v) is 5.08. The lowest BCUT2D eigenvalue weighted by Gasteiger charge is -2.13. The third-order valence-electron chi connectivity index (χ3n) is 2.19. The third kappa shape index (κ3) is 2.86. The van der Waals surface area contributed by atoms with Gasteiger partial charge in [0.2, 0.25) is 5.75 Å². The SMILES string of the molecule is C#CCOC(=O)c1cc(OC)c(OC)c(OC)c1. The molecule has 0 saturated heterocycles. The smallest absolute Gasteiger partial charge is 0.339 e. The zero-order valence-electron chi connectivity index (χ0n) is 10.5. The lowest BCUT2D eigenvalue weighted by molar-refractivity contribution is 0.0556. The molecule has 0 radical (unpaired) electrons. The molecule has 0 atom stereocenters. The number of carbonyl (C=O) groups excluding carboxylic acids is 1. The molecule has 0 unspecified atom stereocenters. The zero-order chi connectivity index (χ0) is 13.5. The molecular formula is C13H14O5. The van der Waals surface area contributed by atoms with Gasteiger partial charge in [0.25, 0.3) is 0 Å². The van der Waals surface area contributed by atoms with E-state index in [2.05, 4.69) is 5.92 Å². The molecule has 1 rings (SSSR count). The summed E-state index contributed by atoms with van der Waals surface area (Å²) in [6.45, 7) is -0.0878. The molecule has 0 heterocycles. The van der Waals surface area contributed by atoms with Gasteiger partial charge >= 0.3 is 5.97 Å². The van der Waals surface area contributed by atoms with Gasteiger partial charge < -0.3 is 18.9 Å². The molecule has 0 N–H and O–H groups in total. The number of benzene rings is 1. The highest BCUT2D eigenvalue weighted by Gasteiger charge is 2.17. The van der Waals surface area contributed by atoms with Crippen LogP contribution in [0, 0.1) is 12.3 Å². The standard InChI is InChI=1S/C13H14O5/c1-5-6-18-13(14)9-7-10(15-2)12(17-4)11(8-9)16-3/h1,7-8H,6H2,2-4H3. The van der Waals surface area contributed by atoms with E-state index in [0.29, 0.717) is 17.2 Å². The highest BCUT2D eigenvalue weighted by atomic mass is 16.5. The molecule has 0 fully saturated rings. The number of carbonyl (C=O) groups is 1. The molecule has 0 aliphatic heterocycles. The molecule has 0 amide bonds. The third-order valence-corrected chi connectivity index (χ3v) is 2.19. The van der Waals surface area contributed by atoms with Crippen molar-refractivity contribution in [1.29, 1.82) is 0 Å². The van der Waals surface area contributed by atoms with Crippen LogP contribution in [0.1, 0.15) is 10.4 Å². The highest BCUT2D eigenvalue weighted by molar-refractivity contribution is 5.91. The van der Waals surface area contributed by atoms with E-state index in [1.165, 1.54) is 33.5 Å². The van der Waals surface area contributed by atoms with Gasteiger partial charge in [0.1, 0.15) is 0 Å². The number of methoxy groups -OCH3 is 3. The van der Waals surface area contributed by atoms with Crippen LogP contribution in [-0.2, 0) is 4.74 Å². The van der Waals surface area contributed by atoms with Crippen molar-refractivity contribution in [2.75, 3.05) is 27.9 Å². The minimum atomic E-state index is -0.549. The van der Waals surface area contributed by atoms with Crippen molar-refractivity contribution < 1.29 is 23.7 Å². The topological polar surface area (TPSA) is 54.0 Å². The van der Waals surface area contributed by atoms with E-state index < -0.39 is 5.97 Å². The van der Waals surface area contributed by atoms with Gasteiger partial charge in [0, 0.05) is 0 Å². The highest BCUT2D eigenvalue weighted by Crippen LogP contribution is 2.38. The molecule has 5 heteroatoms. The van der Waals surface area contributed by atoms with Gasteiger partial charge in [-0.1, -0.05) is 5.92 Å². The number of ether oxygens (including phenoxy) is 4. The Kier molecular flexibility index (Phi) is 4.88. The molecule has 0 saturated carbocycles. The van der Waals surface area contributed by atoms with Gasteiger partial charge in [-0.15, -0.1) is 6.42 Å². The molecule has 5 nitrogen and oxygen atoms in total. The van der Waals surface area contributed by atoms with Crippen LogP contribution in [0.5, 0.6) is 17.2 Å². The van der Waals surface area contributed by atoms with Crippen molar-refractivity contribution in [2.45, 2.75) is 0 Å². The first-order chi connectivity index (χ1) is 8.67. The summed E-state index contributed by atoms with van der Waals surface area (Å²) in [7, 11) is 4.42. The van der Waals surface area contributed by atoms with E-state index in [-0.39, 0.29) is 12.2 Å². The first kappa shape index (κ1) is 13.7. The molecule has 0 aromatic heterocycles. The van der Waals surface area contributed by atoms with E-state index in [4.69, 9.17) is 25.4 Å². The predicted octanol–water partition coefficient (Wildman–Crippen LogP) is 1.50. The second kappa shape index (κ2) is 6.40. The van der Waals surface area contributed by atoms with Crippen molar-refractivity contribution in [3.63, 3.8) is 0 Å². The van der Waals surface area contributed by atoms with Gasteiger partial charge in [-0.05, 0) is 12.1 Å². The number of esters is 1. The lowest BCUT2D eigenvalue weighted by Crippen LogP contribution is -2.07. The Morgan fingerprint density at radius 2 is 1.72 bits per heavy atom. The minimum Gasteiger partial charge on any atom is -0.493 e. The second-order valence-electron chi connectivity index (χ2n) is 3.19. The van der Waals surface area contributed by atoms with Gasteiger partial charge in [0.05, 0.1) is 26.9 Å². The largest absolute Gasteiger partial charge is 0.493 e. The van der Waals surface area contributed by atoms with Crippen LogP contribution >= 0.6 is 0 Å². The van der Waals surface area contributed by atoms with Gasteiger partial charge in [0.15, 0.2) is 18.1 Å². The molecule has 0 aliphatic rings. The van der Waals surface area contributed by atoms with Gasteiger partial charge in [-0.25, -0.2) is 4.79 Å². The quantitative estimate of drug-likeness (QED) is 0.585. The number of rotatable bonds is 5. The summed E-state index contributed by atoms with van der Waals surface area (Å²) in [6, 6.07) is 3.00. The van der Waals surface area contributed by atoms with Crippen LogP contribution in [0.3, 0.4) is 0 Å². The Morgan fingerprint density at radius 1 is 1.17 bits per heavy atom. The Hall–Kier alpha value is -2.35. The zero-order valence-corrected chi connectivity index (χ0v) is 10.5. The summed E-state index contributed by atoms with van der Waals surface area (Å²) < 4.78 is 20.2. The molecule has 0 aliphatic carbocycles. The Labute approximate surface area is 106 Å². The molecule has 18 heavy (non-hydrogen) atoms. The maximum atomic E-state index is 11.7. The Bertz CT molecular complexity index is 448. The second-order valence-corrected chi connectivity index (χ2v) is 3.19. The fourth-order valence-electron chi connectivity index (χ4n) is 1.39. The van der Waals surface area contributed by atoms with Gasteiger partial charge in [-0.2, -0.15) is 0 Å². The van der Waals surface area contributed by atoms with Crippen LogP contribution in [0.2, 0.25) is 0 Å². The van der Waals surface area contributed by atoms with Crippen LogP contribution in [0.25, 0.3) is 0 Å². The van der Waals surface area contributed by atoms with Crippen LogP contribution in [0.15, 0.2) is 12.1 Å².